The molecule has 0 saturated heterocycles. The third kappa shape index (κ3) is 3.70. The highest BCUT2D eigenvalue weighted by Crippen LogP contribution is 2.32. The molecule has 1 N–H and O–H groups in total. The van der Waals surface area contributed by atoms with E-state index in [1.54, 1.807) is 24.3 Å². The Bertz CT molecular complexity index is 947. The maximum absolute atomic E-state index is 11.3. The minimum Gasteiger partial charge on any atom is -0.377 e. The van der Waals surface area contributed by atoms with Gasteiger partial charge in [0.2, 0.25) is 0 Å². The van der Waals surface area contributed by atoms with Crippen molar-refractivity contribution in [3.8, 4) is 6.07 Å². The lowest BCUT2D eigenvalue weighted by atomic mass is 9.85. The number of Topliss-reactive ketones (excluding diaryl/α,β-unsaturated/α-hetero) is 1. The summed E-state index contributed by atoms with van der Waals surface area (Å²) in [5, 5.41) is 21.4. The van der Waals surface area contributed by atoms with E-state index in [0.29, 0.717) is 16.9 Å². The first-order valence-electron chi connectivity index (χ1n) is 8.43. The lowest BCUT2D eigenvalue weighted by Gasteiger charge is -2.35. The molecule has 0 aliphatic carbocycles. The second-order valence-corrected chi connectivity index (χ2v) is 6.98. The smallest absolute Gasteiger partial charge is 0.186 e. The van der Waals surface area contributed by atoms with Gasteiger partial charge in [-0.05, 0) is 57.0 Å². The van der Waals surface area contributed by atoms with Crippen LogP contribution in [0.1, 0.15) is 42.3 Å². The Kier molecular flexibility index (Phi) is 4.68. The number of nitriles is 1. The molecule has 5 heteroatoms. The zero-order valence-corrected chi connectivity index (χ0v) is 15.1. The molecule has 3 rings (SSSR count). The molecule has 26 heavy (non-hydrogen) atoms. The van der Waals surface area contributed by atoms with Crippen LogP contribution in [0.2, 0.25) is 0 Å². The molecule has 0 unspecified atom stereocenters. The van der Waals surface area contributed by atoms with Gasteiger partial charge in [-0.25, -0.2) is 0 Å². The molecule has 0 radical (unpaired) electrons. The van der Waals surface area contributed by atoms with Crippen molar-refractivity contribution in [3.05, 3.63) is 70.9 Å². The minimum atomic E-state index is -0.176. The summed E-state index contributed by atoms with van der Waals surface area (Å²) in [4.78, 5) is 11.3. The van der Waals surface area contributed by atoms with E-state index < -0.39 is 0 Å². The number of benzene rings is 2. The molecule has 2 aromatic carbocycles. The van der Waals surface area contributed by atoms with Crippen molar-refractivity contribution in [2.75, 3.05) is 0 Å². The van der Waals surface area contributed by atoms with Crippen LogP contribution in [0.3, 0.4) is 0 Å². The highest BCUT2D eigenvalue weighted by molar-refractivity contribution is 5.94. The number of hydrogen-bond donors (Lipinski definition) is 1. The number of allylic oxidation sites excluding steroid dienone is 1. The Labute approximate surface area is 153 Å². The number of carbonyl (C=O) groups is 1. The van der Waals surface area contributed by atoms with Crippen LogP contribution < -0.4 is 5.32 Å². The number of ketones is 1. The molecule has 0 spiro atoms. The first-order valence-corrected chi connectivity index (χ1v) is 8.43. The Morgan fingerprint density at radius 1 is 1.15 bits per heavy atom. The summed E-state index contributed by atoms with van der Waals surface area (Å²) < 4.78 is 0. The molecule has 1 aliphatic heterocycles. The van der Waals surface area contributed by atoms with Crippen LogP contribution in [-0.2, 0) is 6.42 Å². The predicted octanol–water partition coefficient (Wildman–Crippen LogP) is 4.79. The van der Waals surface area contributed by atoms with E-state index in [0.717, 1.165) is 12.0 Å². The average molecular weight is 344 g/mol. The summed E-state index contributed by atoms with van der Waals surface area (Å²) in [5.41, 5.74) is 4.13. The predicted molar refractivity (Wildman–Crippen MR) is 101 cm³/mol. The second-order valence-electron chi connectivity index (χ2n) is 6.98. The van der Waals surface area contributed by atoms with Gasteiger partial charge in [0.25, 0.3) is 0 Å². The maximum atomic E-state index is 11.3. The van der Waals surface area contributed by atoms with Gasteiger partial charge >= 0.3 is 0 Å². The maximum Gasteiger partial charge on any atom is 0.186 e. The monoisotopic (exact) mass is 344 g/mol. The van der Waals surface area contributed by atoms with E-state index in [1.807, 2.05) is 18.2 Å². The van der Waals surface area contributed by atoms with Crippen molar-refractivity contribution in [2.45, 2.75) is 32.7 Å². The van der Waals surface area contributed by atoms with Crippen LogP contribution in [0.5, 0.6) is 0 Å². The number of rotatable bonds is 3. The number of nitrogens with one attached hydrogen (secondary N) is 1. The van der Waals surface area contributed by atoms with Crippen molar-refractivity contribution in [1.82, 2.24) is 5.32 Å². The molecule has 0 saturated carbocycles. The van der Waals surface area contributed by atoms with Crippen LogP contribution in [0, 0.1) is 11.3 Å². The van der Waals surface area contributed by atoms with Crippen LogP contribution in [0.15, 0.2) is 64.5 Å². The molecule has 5 nitrogen and oxygen atoms in total. The number of azo groups is 1. The fraction of sp³-hybridized carbons (Fsp3) is 0.238. The summed E-state index contributed by atoms with van der Waals surface area (Å²) in [6.45, 7) is 5.70. The third-order valence-electron chi connectivity index (χ3n) is 4.26. The third-order valence-corrected chi connectivity index (χ3v) is 4.26. The van der Waals surface area contributed by atoms with Gasteiger partial charge in [0, 0.05) is 16.7 Å². The van der Waals surface area contributed by atoms with Gasteiger partial charge in [0.1, 0.15) is 6.07 Å². The molecule has 0 atom stereocenters. The molecular formula is C21H20N4O. The Balaban J connectivity index is 1.99. The molecule has 130 valence electrons. The van der Waals surface area contributed by atoms with Crippen molar-refractivity contribution >= 4 is 17.2 Å². The number of fused-ring (bicyclic) bond motifs is 1. The summed E-state index contributed by atoms with van der Waals surface area (Å²) in [6.07, 6.45) is 0.870. The topological polar surface area (TPSA) is 77.6 Å². The largest absolute Gasteiger partial charge is 0.377 e. The fourth-order valence-electron chi connectivity index (χ4n) is 3.03. The quantitative estimate of drug-likeness (QED) is 0.494. The molecule has 1 heterocycles. The zero-order chi connectivity index (χ0) is 18.7. The molecule has 0 bridgehead atoms. The van der Waals surface area contributed by atoms with E-state index >= 15 is 0 Å². The molecule has 1 aliphatic rings. The van der Waals surface area contributed by atoms with Gasteiger partial charge in [-0.15, -0.1) is 10.2 Å². The first-order chi connectivity index (χ1) is 12.4. The van der Waals surface area contributed by atoms with Crippen LogP contribution >= 0.6 is 0 Å². The van der Waals surface area contributed by atoms with E-state index in [1.165, 1.54) is 12.5 Å². The Hall–Kier alpha value is -3.26. The second kappa shape index (κ2) is 6.93. The highest BCUT2D eigenvalue weighted by Gasteiger charge is 2.29. The van der Waals surface area contributed by atoms with Crippen LogP contribution in [-0.4, -0.2) is 11.3 Å². The standard InChI is InChI=1S/C21H20N4O/c1-14(26)15-8-10-17(11-9-15)24-25-19(13-22)20-18-7-5-4-6-16(18)12-21(2,3)23-20/h4-11,23H,12H2,1-3H3/b20-19+,25-24+. The Morgan fingerprint density at radius 3 is 2.50 bits per heavy atom. The van der Waals surface area contributed by atoms with Crippen molar-refractivity contribution < 1.29 is 4.79 Å². The van der Waals surface area contributed by atoms with Gasteiger partial charge < -0.3 is 5.32 Å². The summed E-state index contributed by atoms with van der Waals surface area (Å²) in [5.74, 6) is -0.00133. The Morgan fingerprint density at radius 2 is 1.85 bits per heavy atom. The minimum absolute atomic E-state index is 0.00133. The SMILES string of the molecule is CC(=O)c1ccc(/N=N/C(C#N)=C2/NC(C)(C)Cc3ccccc32)cc1. The van der Waals surface area contributed by atoms with E-state index in [2.05, 4.69) is 41.5 Å². The summed E-state index contributed by atoms with van der Waals surface area (Å²) in [6, 6.07) is 17.0. The van der Waals surface area contributed by atoms with Crippen molar-refractivity contribution in [2.24, 2.45) is 10.2 Å². The van der Waals surface area contributed by atoms with Gasteiger partial charge in [0.05, 0.1) is 11.4 Å². The van der Waals surface area contributed by atoms with Crippen LogP contribution in [0.25, 0.3) is 5.70 Å². The lowest BCUT2D eigenvalue weighted by Crippen LogP contribution is -2.44. The normalized spacial score (nSPS) is 17.2. The van der Waals surface area contributed by atoms with Gasteiger partial charge in [-0.1, -0.05) is 24.3 Å². The highest BCUT2D eigenvalue weighted by atomic mass is 16.1. The first kappa shape index (κ1) is 17.6. The molecular weight excluding hydrogens is 324 g/mol. The number of nitrogens with zero attached hydrogens (tertiary/aromatic N) is 3. The summed E-state index contributed by atoms with van der Waals surface area (Å²) in [7, 11) is 0. The van der Waals surface area contributed by atoms with Gasteiger partial charge in [0.15, 0.2) is 11.5 Å². The van der Waals surface area contributed by atoms with Crippen LogP contribution in [0.4, 0.5) is 5.69 Å². The van der Waals surface area contributed by atoms with Crippen molar-refractivity contribution in [3.63, 3.8) is 0 Å². The van der Waals surface area contributed by atoms with E-state index in [-0.39, 0.29) is 17.0 Å². The number of hydrogen-bond acceptors (Lipinski definition) is 5. The van der Waals surface area contributed by atoms with Gasteiger partial charge in [-0.3, -0.25) is 4.79 Å². The molecule has 0 aromatic heterocycles. The van der Waals surface area contributed by atoms with E-state index in [4.69, 9.17) is 0 Å². The lowest BCUT2D eigenvalue weighted by molar-refractivity contribution is 0.101. The fourth-order valence-corrected chi connectivity index (χ4v) is 3.03. The van der Waals surface area contributed by atoms with E-state index in [9.17, 15) is 10.1 Å². The molecule has 2 aromatic rings. The zero-order valence-electron chi connectivity index (χ0n) is 15.1. The van der Waals surface area contributed by atoms with Gasteiger partial charge in [-0.2, -0.15) is 5.26 Å². The average Bonchev–Trinajstić information content (AvgIpc) is 2.61. The van der Waals surface area contributed by atoms with Crippen molar-refractivity contribution in [1.29, 1.82) is 5.26 Å². The molecule has 0 fully saturated rings. The summed E-state index contributed by atoms with van der Waals surface area (Å²) >= 11 is 0. The molecule has 0 amide bonds. The number of carbonyl (C=O) groups excluding carboxylic acids is 1.